The maximum Gasteiger partial charge on any atom is 0.225 e. The van der Waals surface area contributed by atoms with Gasteiger partial charge in [0.2, 0.25) is 5.91 Å². The third kappa shape index (κ3) is 3.61. The summed E-state index contributed by atoms with van der Waals surface area (Å²) in [5.41, 5.74) is 0. The first-order valence-electron chi connectivity index (χ1n) is 5.75. The van der Waals surface area contributed by atoms with Crippen LogP contribution in [0.15, 0.2) is 17.5 Å². The van der Waals surface area contributed by atoms with E-state index in [-0.39, 0.29) is 5.91 Å². The molecule has 16 heavy (non-hydrogen) atoms. The lowest BCUT2D eigenvalue weighted by atomic mass is 10.2. The minimum atomic E-state index is 0.112. The Bertz CT molecular complexity index is 318. The lowest BCUT2D eigenvalue weighted by molar-refractivity contribution is -0.120. The molecule has 0 bridgehead atoms. The summed E-state index contributed by atoms with van der Waals surface area (Å²) in [4.78, 5) is 12.7. The van der Waals surface area contributed by atoms with E-state index in [4.69, 9.17) is 4.74 Å². The Hall–Kier alpha value is -0.870. The van der Waals surface area contributed by atoms with Crippen LogP contribution in [0.3, 0.4) is 0 Å². The molecule has 0 aromatic carbocycles. The molecule has 0 spiro atoms. The zero-order valence-electron chi connectivity index (χ0n) is 9.28. The zero-order valence-corrected chi connectivity index (χ0v) is 10.1. The summed E-state index contributed by atoms with van der Waals surface area (Å²) in [5.74, 6) is 0.112. The molecule has 0 saturated carbocycles. The highest BCUT2D eigenvalue weighted by atomic mass is 32.1. The third-order valence-electron chi connectivity index (χ3n) is 2.73. The van der Waals surface area contributed by atoms with Gasteiger partial charge in [-0.05, 0) is 30.7 Å². The maximum absolute atomic E-state index is 11.5. The lowest BCUT2D eigenvalue weighted by Gasteiger charge is -2.09. The van der Waals surface area contributed by atoms with Gasteiger partial charge in [0.15, 0.2) is 0 Å². The van der Waals surface area contributed by atoms with Crippen molar-refractivity contribution in [2.75, 3.05) is 13.2 Å². The SMILES string of the molecule is O=C(Cc1cccs1)NCCC1CCCO1. The van der Waals surface area contributed by atoms with E-state index in [0.717, 1.165) is 37.3 Å². The fourth-order valence-electron chi connectivity index (χ4n) is 1.88. The Kier molecular flexibility index (Phi) is 4.36. The Morgan fingerprint density at radius 1 is 1.62 bits per heavy atom. The molecule has 0 radical (unpaired) electrons. The van der Waals surface area contributed by atoms with Gasteiger partial charge in [0.1, 0.15) is 0 Å². The van der Waals surface area contributed by atoms with Gasteiger partial charge in [-0.1, -0.05) is 6.07 Å². The third-order valence-corrected chi connectivity index (χ3v) is 3.60. The smallest absolute Gasteiger partial charge is 0.225 e. The second kappa shape index (κ2) is 6.01. The van der Waals surface area contributed by atoms with Crippen LogP contribution in [0.4, 0.5) is 0 Å². The van der Waals surface area contributed by atoms with Crippen molar-refractivity contribution in [1.29, 1.82) is 0 Å². The Balaban J connectivity index is 1.60. The first-order valence-corrected chi connectivity index (χ1v) is 6.63. The van der Waals surface area contributed by atoms with Crippen molar-refractivity contribution in [2.24, 2.45) is 0 Å². The Morgan fingerprint density at radius 3 is 3.25 bits per heavy atom. The molecule has 1 saturated heterocycles. The van der Waals surface area contributed by atoms with Crippen LogP contribution < -0.4 is 5.32 Å². The number of hydrogen-bond acceptors (Lipinski definition) is 3. The maximum atomic E-state index is 11.5. The number of carbonyl (C=O) groups excluding carboxylic acids is 1. The second-order valence-electron chi connectivity index (χ2n) is 4.03. The van der Waals surface area contributed by atoms with Crippen LogP contribution in [-0.2, 0) is 16.0 Å². The number of nitrogens with one attached hydrogen (secondary N) is 1. The van der Waals surface area contributed by atoms with Crippen molar-refractivity contribution in [2.45, 2.75) is 31.8 Å². The lowest BCUT2D eigenvalue weighted by Crippen LogP contribution is -2.28. The summed E-state index contributed by atoms with van der Waals surface area (Å²) < 4.78 is 5.49. The monoisotopic (exact) mass is 239 g/mol. The van der Waals surface area contributed by atoms with E-state index < -0.39 is 0 Å². The highest BCUT2D eigenvalue weighted by Crippen LogP contribution is 2.14. The van der Waals surface area contributed by atoms with Crippen LogP contribution in [0, 0.1) is 0 Å². The number of hydrogen-bond donors (Lipinski definition) is 1. The van der Waals surface area contributed by atoms with Gasteiger partial charge in [0.25, 0.3) is 0 Å². The van der Waals surface area contributed by atoms with Crippen LogP contribution in [0.1, 0.15) is 24.1 Å². The van der Waals surface area contributed by atoms with Crippen molar-refractivity contribution >= 4 is 17.2 Å². The molecule has 1 aromatic heterocycles. The van der Waals surface area contributed by atoms with Crippen molar-refractivity contribution < 1.29 is 9.53 Å². The standard InChI is InChI=1S/C12H17NO2S/c14-12(9-11-4-2-8-16-11)13-6-5-10-3-1-7-15-10/h2,4,8,10H,1,3,5-7,9H2,(H,13,14). The number of amides is 1. The van der Waals surface area contributed by atoms with Gasteiger partial charge in [-0.25, -0.2) is 0 Å². The molecular weight excluding hydrogens is 222 g/mol. The molecule has 1 unspecified atom stereocenters. The van der Waals surface area contributed by atoms with E-state index >= 15 is 0 Å². The van der Waals surface area contributed by atoms with Crippen molar-refractivity contribution in [1.82, 2.24) is 5.32 Å². The largest absolute Gasteiger partial charge is 0.378 e. The minimum Gasteiger partial charge on any atom is -0.378 e. The molecule has 2 rings (SSSR count). The van der Waals surface area contributed by atoms with Crippen LogP contribution in [0.2, 0.25) is 0 Å². The average Bonchev–Trinajstić information content (AvgIpc) is 2.90. The summed E-state index contributed by atoms with van der Waals surface area (Å²) in [5, 5.41) is 4.93. The number of ether oxygens (including phenoxy) is 1. The molecular formula is C12H17NO2S. The topological polar surface area (TPSA) is 38.3 Å². The first-order chi connectivity index (χ1) is 7.84. The Labute approximate surface area is 99.8 Å². The van der Waals surface area contributed by atoms with Gasteiger partial charge in [0, 0.05) is 18.0 Å². The van der Waals surface area contributed by atoms with Gasteiger partial charge in [-0.3, -0.25) is 4.79 Å². The van der Waals surface area contributed by atoms with E-state index in [0.29, 0.717) is 12.5 Å². The zero-order chi connectivity index (χ0) is 11.2. The number of rotatable bonds is 5. The van der Waals surface area contributed by atoms with Crippen LogP contribution in [0.25, 0.3) is 0 Å². The molecule has 1 aromatic rings. The second-order valence-corrected chi connectivity index (χ2v) is 5.06. The Morgan fingerprint density at radius 2 is 2.56 bits per heavy atom. The van der Waals surface area contributed by atoms with Gasteiger partial charge in [-0.15, -0.1) is 11.3 Å². The average molecular weight is 239 g/mol. The molecule has 1 fully saturated rings. The molecule has 1 atom stereocenters. The van der Waals surface area contributed by atoms with Crippen molar-refractivity contribution in [3.05, 3.63) is 22.4 Å². The molecule has 1 N–H and O–H groups in total. The van der Waals surface area contributed by atoms with Gasteiger partial charge in [-0.2, -0.15) is 0 Å². The number of thiophene rings is 1. The minimum absolute atomic E-state index is 0.112. The summed E-state index contributed by atoms with van der Waals surface area (Å²) in [6.45, 7) is 1.61. The molecule has 1 amide bonds. The fraction of sp³-hybridized carbons (Fsp3) is 0.583. The highest BCUT2D eigenvalue weighted by molar-refractivity contribution is 7.10. The van der Waals surface area contributed by atoms with Crippen molar-refractivity contribution in [3.8, 4) is 0 Å². The fourth-order valence-corrected chi connectivity index (χ4v) is 2.58. The first kappa shape index (κ1) is 11.6. The quantitative estimate of drug-likeness (QED) is 0.853. The van der Waals surface area contributed by atoms with Gasteiger partial charge < -0.3 is 10.1 Å². The van der Waals surface area contributed by atoms with E-state index in [1.165, 1.54) is 0 Å². The van der Waals surface area contributed by atoms with Crippen LogP contribution in [-0.4, -0.2) is 25.2 Å². The summed E-state index contributed by atoms with van der Waals surface area (Å²) in [7, 11) is 0. The molecule has 0 aliphatic carbocycles. The predicted octanol–water partition coefficient (Wildman–Crippen LogP) is 1.98. The molecule has 3 nitrogen and oxygen atoms in total. The van der Waals surface area contributed by atoms with Gasteiger partial charge in [0.05, 0.1) is 12.5 Å². The summed E-state index contributed by atoms with van der Waals surface area (Å²) in [6.07, 6.45) is 4.11. The highest BCUT2D eigenvalue weighted by Gasteiger charge is 2.15. The summed E-state index contributed by atoms with van der Waals surface area (Å²) in [6, 6.07) is 3.96. The van der Waals surface area contributed by atoms with Crippen molar-refractivity contribution in [3.63, 3.8) is 0 Å². The molecule has 4 heteroatoms. The molecule has 1 aliphatic rings. The molecule has 88 valence electrons. The van der Waals surface area contributed by atoms with E-state index in [2.05, 4.69) is 5.32 Å². The van der Waals surface area contributed by atoms with Crippen LogP contribution in [0.5, 0.6) is 0 Å². The van der Waals surface area contributed by atoms with Crippen LogP contribution >= 0.6 is 11.3 Å². The molecule has 1 aliphatic heterocycles. The van der Waals surface area contributed by atoms with E-state index in [1.54, 1.807) is 11.3 Å². The predicted molar refractivity (Wildman–Crippen MR) is 64.6 cm³/mol. The van der Waals surface area contributed by atoms with Gasteiger partial charge >= 0.3 is 0 Å². The van der Waals surface area contributed by atoms with E-state index in [1.807, 2.05) is 17.5 Å². The molecule has 2 heterocycles. The number of carbonyl (C=O) groups is 1. The summed E-state index contributed by atoms with van der Waals surface area (Å²) >= 11 is 1.62. The normalized spacial score (nSPS) is 19.9. The van der Waals surface area contributed by atoms with E-state index in [9.17, 15) is 4.79 Å².